The second kappa shape index (κ2) is 7.09. The van der Waals surface area contributed by atoms with Crippen LogP contribution >= 0.6 is 34.3 Å². The largest absolute Gasteiger partial charge is 0.351 e. The third-order valence-corrected chi connectivity index (χ3v) is 5.27. The van der Waals surface area contributed by atoms with E-state index in [0.717, 1.165) is 10.4 Å². The zero-order chi connectivity index (χ0) is 15.4. The Kier molecular flexibility index (Phi) is 4.93. The van der Waals surface area contributed by atoms with Gasteiger partial charge in [0, 0.05) is 9.90 Å². The van der Waals surface area contributed by atoms with Crippen molar-refractivity contribution in [1.29, 1.82) is 0 Å². The van der Waals surface area contributed by atoms with Gasteiger partial charge in [0.05, 0.1) is 13.0 Å². The van der Waals surface area contributed by atoms with E-state index >= 15 is 0 Å². The molecule has 3 rings (SSSR count). The number of halogens is 1. The molecule has 0 spiro atoms. The van der Waals surface area contributed by atoms with Gasteiger partial charge in [0.25, 0.3) is 0 Å². The molecule has 0 bridgehead atoms. The van der Waals surface area contributed by atoms with Crippen LogP contribution in [-0.2, 0) is 17.8 Å². The molecule has 0 aliphatic carbocycles. The lowest BCUT2D eigenvalue weighted by Crippen LogP contribution is -2.24. The molecular formula is C17H14ClNOS2. The van der Waals surface area contributed by atoms with Crippen molar-refractivity contribution >= 4 is 40.2 Å². The summed E-state index contributed by atoms with van der Waals surface area (Å²) >= 11 is 9.42. The molecule has 0 unspecified atom stereocenters. The Morgan fingerprint density at radius 2 is 2.00 bits per heavy atom. The van der Waals surface area contributed by atoms with Gasteiger partial charge >= 0.3 is 0 Å². The molecule has 2 aromatic heterocycles. The topological polar surface area (TPSA) is 29.1 Å². The fourth-order valence-corrected chi connectivity index (χ4v) is 3.82. The second-order valence-electron chi connectivity index (χ2n) is 4.86. The molecule has 0 atom stereocenters. The Morgan fingerprint density at radius 1 is 1.14 bits per heavy atom. The van der Waals surface area contributed by atoms with Gasteiger partial charge in [-0.2, -0.15) is 11.3 Å². The number of rotatable bonds is 5. The normalized spacial score (nSPS) is 10.6. The lowest BCUT2D eigenvalue weighted by atomic mass is 10.1. The van der Waals surface area contributed by atoms with Crippen LogP contribution < -0.4 is 5.32 Å². The Labute approximate surface area is 142 Å². The minimum absolute atomic E-state index is 0.0152. The first-order valence-electron chi connectivity index (χ1n) is 6.82. The quantitative estimate of drug-likeness (QED) is 0.692. The number of carbonyl (C=O) groups is 1. The highest BCUT2D eigenvalue weighted by molar-refractivity contribution is 7.10. The molecule has 0 fully saturated rings. The number of hydrogen-bond acceptors (Lipinski definition) is 3. The fourth-order valence-electron chi connectivity index (χ4n) is 2.12. The molecule has 0 radical (unpaired) electrons. The van der Waals surface area contributed by atoms with Crippen molar-refractivity contribution < 1.29 is 4.79 Å². The summed E-state index contributed by atoms with van der Waals surface area (Å²) in [7, 11) is 0. The summed E-state index contributed by atoms with van der Waals surface area (Å²) in [5.74, 6) is -0.0152. The summed E-state index contributed by atoms with van der Waals surface area (Å²) in [4.78, 5) is 13.2. The van der Waals surface area contributed by atoms with E-state index in [2.05, 4.69) is 33.6 Å². The standard InChI is InChI=1S/C17H14ClNOS2/c18-16-4-2-1-3-12(16)8-17(20)19-9-15-7-14(11-22-15)13-5-6-21-10-13/h1-7,10-11H,8-9H2,(H,19,20). The number of thiophene rings is 2. The first-order chi connectivity index (χ1) is 10.7. The third-order valence-electron chi connectivity index (χ3n) is 3.28. The van der Waals surface area contributed by atoms with Crippen LogP contribution in [-0.4, -0.2) is 5.91 Å². The molecule has 0 aliphatic heterocycles. The average molecular weight is 348 g/mol. The highest BCUT2D eigenvalue weighted by Gasteiger charge is 2.08. The summed E-state index contributed by atoms with van der Waals surface area (Å²) in [6, 6.07) is 11.7. The molecule has 3 aromatic rings. The van der Waals surface area contributed by atoms with Crippen molar-refractivity contribution in [3.63, 3.8) is 0 Å². The van der Waals surface area contributed by atoms with E-state index in [-0.39, 0.29) is 5.91 Å². The van der Waals surface area contributed by atoms with Gasteiger partial charge in [-0.15, -0.1) is 11.3 Å². The maximum Gasteiger partial charge on any atom is 0.224 e. The van der Waals surface area contributed by atoms with Gasteiger partial charge in [-0.05, 0) is 51.0 Å². The maximum absolute atomic E-state index is 12.0. The molecule has 0 saturated heterocycles. The van der Waals surface area contributed by atoms with E-state index in [1.165, 1.54) is 11.1 Å². The van der Waals surface area contributed by atoms with Gasteiger partial charge in [0.1, 0.15) is 0 Å². The zero-order valence-corrected chi connectivity index (χ0v) is 14.1. The fraction of sp³-hybridized carbons (Fsp3) is 0.118. The molecule has 5 heteroatoms. The van der Waals surface area contributed by atoms with Crippen LogP contribution in [0.2, 0.25) is 5.02 Å². The minimum Gasteiger partial charge on any atom is -0.351 e. The zero-order valence-electron chi connectivity index (χ0n) is 11.7. The Hall–Kier alpha value is -1.62. The summed E-state index contributed by atoms with van der Waals surface area (Å²) in [5, 5.41) is 9.90. The van der Waals surface area contributed by atoms with E-state index in [0.29, 0.717) is 18.0 Å². The number of nitrogens with one attached hydrogen (secondary N) is 1. The summed E-state index contributed by atoms with van der Waals surface area (Å²) in [5.41, 5.74) is 3.29. The lowest BCUT2D eigenvalue weighted by molar-refractivity contribution is -0.120. The molecule has 2 heterocycles. The summed E-state index contributed by atoms with van der Waals surface area (Å²) in [6.07, 6.45) is 0.308. The van der Waals surface area contributed by atoms with Gasteiger partial charge < -0.3 is 5.32 Å². The average Bonchev–Trinajstić information content (AvgIpc) is 3.18. The predicted octanol–water partition coefficient (Wildman–Crippen LogP) is 4.99. The summed E-state index contributed by atoms with van der Waals surface area (Å²) in [6.45, 7) is 0.554. The van der Waals surface area contributed by atoms with Gasteiger partial charge in [0.2, 0.25) is 5.91 Å². The molecule has 0 aliphatic rings. The van der Waals surface area contributed by atoms with E-state index in [4.69, 9.17) is 11.6 Å². The van der Waals surface area contributed by atoms with Crippen LogP contribution in [0.25, 0.3) is 11.1 Å². The van der Waals surface area contributed by atoms with Crippen molar-refractivity contribution in [3.05, 3.63) is 68.0 Å². The molecule has 112 valence electrons. The monoisotopic (exact) mass is 347 g/mol. The number of hydrogen-bond donors (Lipinski definition) is 1. The van der Waals surface area contributed by atoms with Crippen LogP contribution in [0, 0.1) is 0 Å². The lowest BCUT2D eigenvalue weighted by Gasteiger charge is -2.05. The van der Waals surface area contributed by atoms with Crippen LogP contribution in [0.4, 0.5) is 0 Å². The van der Waals surface area contributed by atoms with Crippen molar-refractivity contribution in [2.24, 2.45) is 0 Å². The van der Waals surface area contributed by atoms with Crippen LogP contribution in [0.3, 0.4) is 0 Å². The van der Waals surface area contributed by atoms with Gasteiger partial charge in [-0.3, -0.25) is 4.79 Å². The van der Waals surface area contributed by atoms with Crippen LogP contribution in [0.15, 0.2) is 52.5 Å². The first kappa shape index (κ1) is 15.3. The molecular weight excluding hydrogens is 334 g/mol. The SMILES string of the molecule is O=C(Cc1ccccc1Cl)NCc1cc(-c2ccsc2)cs1. The minimum atomic E-state index is -0.0152. The van der Waals surface area contributed by atoms with E-state index in [1.54, 1.807) is 28.7 Å². The van der Waals surface area contributed by atoms with Gasteiger partial charge in [-0.25, -0.2) is 0 Å². The molecule has 1 aromatic carbocycles. The second-order valence-corrected chi connectivity index (χ2v) is 7.04. The summed E-state index contributed by atoms with van der Waals surface area (Å²) < 4.78 is 0. The van der Waals surface area contributed by atoms with Gasteiger partial charge in [-0.1, -0.05) is 29.8 Å². The van der Waals surface area contributed by atoms with E-state index in [9.17, 15) is 4.79 Å². The van der Waals surface area contributed by atoms with E-state index < -0.39 is 0 Å². The number of amides is 1. The molecule has 22 heavy (non-hydrogen) atoms. The highest BCUT2D eigenvalue weighted by Crippen LogP contribution is 2.27. The van der Waals surface area contributed by atoms with E-state index in [1.807, 2.05) is 18.2 Å². The predicted molar refractivity (Wildman–Crippen MR) is 94.6 cm³/mol. The Bertz CT molecular complexity index is 765. The Morgan fingerprint density at radius 3 is 2.77 bits per heavy atom. The van der Waals surface area contributed by atoms with Crippen molar-refractivity contribution in [1.82, 2.24) is 5.32 Å². The number of benzene rings is 1. The smallest absolute Gasteiger partial charge is 0.224 e. The van der Waals surface area contributed by atoms with Crippen LogP contribution in [0.1, 0.15) is 10.4 Å². The van der Waals surface area contributed by atoms with Crippen molar-refractivity contribution in [2.75, 3.05) is 0 Å². The first-order valence-corrected chi connectivity index (χ1v) is 9.02. The molecule has 1 amide bonds. The number of carbonyl (C=O) groups excluding carboxylic acids is 1. The van der Waals surface area contributed by atoms with Crippen LogP contribution in [0.5, 0.6) is 0 Å². The van der Waals surface area contributed by atoms with Crippen molar-refractivity contribution in [2.45, 2.75) is 13.0 Å². The Balaban J connectivity index is 1.56. The van der Waals surface area contributed by atoms with Crippen molar-refractivity contribution in [3.8, 4) is 11.1 Å². The maximum atomic E-state index is 12.0. The molecule has 2 nitrogen and oxygen atoms in total. The third kappa shape index (κ3) is 3.77. The molecule has 1 N–H and O–H groups in total. The van der Waals surface area contributed by atoms with Gasteiger partial charge in [0.15, 0.2) is 0 Å². The molecule has 0 saturated carbocycles. The highest BCUT2D eigenvalue weighted by atomic mass is 35.5.